The number of methoxy groups -OCH3 is 1. The molecule has 0 aromatic heterocycles. The second kappa shape index (κ2) is 13.3. The summed E-state index contributed by atoms with van der Waals surface area (Å²) in [6.07, 6.45) is 8.34. The first-order valence-corrected chi connectivity index (χ1v) is 13.8. The van der Waals surface area contributed by atoms with E-state index in [2.05, 4.69) is 103 Å². The smallest absolute Gasteiger partial charge is 0.308 e. The molecule has 0 spiro atoms. The quantitative estimate of drug-likeness (QED) is 0.104. The van der Waals surface area contributed by atoms with Gasteiger partial charge in [0.15, 0.2) is 0 Å². The van der Waals surface area contributed by atoms with Crippen LogP contribution in [-0.4, -0.2) is 13.1 Å². The van der Waals surface area contributed by atoms with Crippen molar-refractivity contribution in [3.8, 4) is 11.5 Å². The van der Waals surface area contributed by atoms with Gasteiger partial charge < -0.3 is 14.4 Å². The van der Waals surface area contributed by atoms with Gasteiger partial charge in [0.2, 0.25) is 0 Å². The van der Waals surface area contributed by atoms with Gasteiger partial charge in [0, 0.05) is 24.0 Å². The van der Waals surface area contributed by atoms with Gasteiger partial charge in [-0.25, -0.2) is 0 Å². The molecule has 0 N–H and O–H groups in total. The van der Waals surface area contributed by atoms with Gasteiger partial charge >= 0.3 is 5.97 Å². The van der Waals surface area contributed by atoms with Crippen LogP contribution in [0.25, 0.3) is 24.3 Å². The molecule has 5 aromatic carbocycles. The highest BCUT2D eigenvalue weighted by atomic mass is 16.5. The fraction of sp³-hybridized carbons (Fsp3) is 0.0789. The number of carbonyl (C=O) groups is 1. The van der Waals surface area contributed by atoms with Crippen LogP contribution >= 0.6 is 0 Å². The summed E-state index contributed by atoms with van der Waals surface area (Å²) in [5.74, 6) is 1.07. The largest absolute Gasteiger partial charge is 0.497 e. The Morgan fingerprint density at radius 1 is 0.524 bits per heavy atom. The second-order valence-corrected chi connectivity index (χ2v) is 9.96. The van der Waals surface area contributed by atoms with Crippen LogP contribution in [-0.2, 0) is 4.79 Å². The SMILES string of the molecule is COc1ccc(C=Cc2ccc(N(c3ccc(C)cc3)c3ccc(C=Cc4ccc(OC(C)=O)cc4)cc3)cc2)cc1. The number of anilines is 3. The van der Waals surface area contributed by atoms with E-state index in [1.54, 1.807) is 19.2 Å². The Bertz CT molecular complexity index is 1670. The molecule has 4 heteroatoms. The topological polar surface area (TPSA) is 38.8 Å². The molecule has 0 saturated carbocycles. The van der Waals surface area contributed by atoms with E-state index in [1.807, 2.05) is 42.5 Å². The van der Waals surface area contributed by atoms with E-state index in [4.69, 9.17) is 9.47 Å². The Labute approximate surface area is 247 Å². The van der Waals surface area contributed by atoms with Crippen molar-refractivity contribution in [2.45, 2.75) is 13.8 Å². The Hall–Kier alpha value is -5.35. The average Bonchev–Trinajstić information content (AvgIpc) is 3.02. The van der Waals surface area contributed by atoms with Gasteiger partial charge in [0.25, 0.3) is 0 Å². The second-order valence-electron chi connectivity index (χ2n) is 9.96. The molecule has 0 heterocycles. The molecule has 0 bridgehead atoms. The summed E-state index contributed by atoms with van der Waals surface area (Å²) in [5, 5.41) is 0. The number of hydrogen-bond acceptors (Lipinski definition) is 4. The molecular formula is C38H33NO3. The van der Waals surface area contributed by atoms with Crippen molar-refractivity contribution in [2.75, 3.05) is 12.0 Å². The Morgan fingerprint density at radius 2 is 0.857 bits per heavy atom. The van der Waals surface area contributed by atoms with Crippen LogP contribution in [0.5, 0.6) is 11.5 Å². The molecule has 0 saturated heterocycles. The van der Waals surface area contributed by atoms with E-state index < -0.39 is 0 Å². The third-order valence-corrected chi connectivity index (χ3v) is 6.79. The van der Waals surface area contributed by atoms with Crippen LogP contribution in [0.4, 0.5) is 17.1 Å². The predicted octanol–water partition coefficient (Wildman–Crippen LogP) is 9.74. The van der Waals surface area contributed by atoms with E-state index >= 15 is 0 Å². The van der Waals surface area contributed by atoms with Gasteiger partial charge in [0.05, 0.1) is 7.11 Å². The van der Waals surface area contributed by atoms with Gasteiger partial charge in [-0.1, -0.05) is 90.5 Å². The summed E-state index contributed by atoms with van der Waals surface area (Å²) in [5.41, 5.74) is 8.83. The Kier molecular flexibility index (Phi) is 8.95. The molecule has 0 amide bonds. The molecule has 0 aliphatic heterocycles. The zero-order valence-electron chi connectivity index (χ0n) is 24.0. The monoisotopic (exact) mass is 551 g/mol. The van der Waals surface area contributed by atoms with Crippen molar-refractivity contribution < 1.29 is 14.3 Å². The van der Waals surface area contributed by atoms with E-state index in [0.29, 0.717) is 5.75 Å². The minimum Gasteiger partial charge on any atom is -0.497 e. The molecular weight excluding hydrogens is 518 g/mol. The van der Waals surface area contributed by atoms with E-state index in [0.717, 1.165) is 45.1 Å². The summed E-state index contributed by atoms with van der Waals surface area (Å²) in [6.45, 7) is 3.50. The molecule has 0 radical (unpaired) electrons. The number of hydrogen-bond donors (Lipinski definition) is 0. The lowest BCUT2D eigenvalue weighted by Gasteiger charge is -2.26. The molecule has 5 rings (SSSR count). The lowest BCUT2D eigenvalue weighted by atomic mass is 10.1. The Balaban J connectivity index is 1.35. The third-order valence-electron chi connectivity index (χ3n) is 6.79. The van der Waals surface area contributed by atoms with Gasteiger partial charge in [-0.3, -0.25) is 4.79 Å². The first kappa shape index (κ1) is 28.2. The molecule has 0 aliphatic rings. The summed E-state index contributed by atoms with van der Waals surface area (Å²) < 4.78 is 10.4. The summed E-state index contributed by atoms with van der Waals surface area (Å²) in [4.78, 5) is 13.4. The van der Waals surface area contributed by atoms with E-state index in [9.17, 15) is 4.79 Å². The predicted molar refractivity (Wildman–Crippen MR) is 174 cm³/mol. The van der Waals surface area contributed by atoms with Crippen LogP contribution in [0.15, 0.2) is 121 Å². The van der Waals surface area contributed by atoms with Crippen molar-refractivity contribution in [3.63, 3.8) is 0 Å². The van der Waals surface area contributed by atoms with Gasteiger partial charge in [-0.05, 0) is 89.8 Å². The van der Waals surface area contributed by atoms with Crippen molar-refractivity contribution in [2.24, 2.45) is 0 Å². The van der Waals surface area contributed by atoms with Gasteiger partial charge in [-0.15, -0.1) is 0 Å². The zero-order chi connectivity index (χ0) is 29.3. The number of benzene rings is 5. The number of ether oxygens (including phenoxy) is 2. The fourth-order valence-electron chi connectivity index (χ4n) is 4.52. The molecule has 42 heavy (non-hydrogen) atoms. The van der Waals surface area contributed by atoms with Gasteiger partial charge in [-0.2, -0.15) is 0 Å². The zero-order valence-corrected chi connectivity index (χ0v) is 24.0. The summed E-state index contributed by atoms with van der Waals surface area (Å²) >= 11 is 0. The molecule has 0 aliphatic carbocycles. The number of rotatable bonds is 9. The number of aryl methyl sites for hydroxylation is 1. The highest BCUT2D eigenvalue weighted by Crippen LogP contribution is 2.35. The minimum absolute atomic E-state index is 0.324. The lowest BCUT2D eigenvalue weighted by Crippen LogP contribution is -2.09. The van der Waals surface area contributed by atoms with Crippen molar-refractivity contribution in [1.82, 2.24) is 0 Å². The molecule has 208 valence electrons. The standard InChI is InChI=1S/C38H33NO3/c1-28-4-18-34(19-5-28)39(35-20-10-30(11-21-35)6-8-32-14-24-37(41-3)25-15-32)36-22-12-31(13-23-36)7-9-33-16-26-38(27-17-33)42-29(2)40/h4-27H,1-3H3. The average molecular weight is 552 g/mol. The summed E-state index contributed by atoms with van der Waals surface area (Å²) in [6, 6.07) is 41.1. The summed E-state index contributed by atoms with van der Waals surface area (Å²) in [7, 11) is 1.68. The molecule has 5 aromatic rings. The maximum atomic E-state index is 11.1. The minimum atomic E-state index is -0.324. The molecule has 0 unspecified atom stereocenters. The molecule has 0 fully saturated rings. The molecule has 0 atom stereocenters. The maximum Gasteiger partial charge on any atom is 0.308 e. The normalized spacial score (nSPS) is 11.1. The van der Waals surface area contributed by atoms with E-state index in [1.165, 1.54) is 12.5 Å². The fourth-order valence-corrected chi connectivity index (χ4v) is 4.52. The Morgan fingerprint density at radius 3 is 1.21 bits per heavy atom. The van der Waals surface area contributed by atoms with Gasteiger partial charge in [0.1, 0.15) is 11.5 Å². The van der Waals surface area contributed by atoms with E-state index in [-0.39, 0.29) is 5.97 Å². The highest BCUT2D eigenvalue weighted by Gasteiger charge is 2.12. The van der Waals surface area contributed by atoms with Crippen LogP contribution in [0.1, 0.15) is 34.7 Å². The number of carbonyl (C=O) groups excluding carboxylic acids is 1. The first-order chi connectivity index (χ1) is 20.5. The highest BCUT2D eigenvalue weighted by molar-refractivity contribution is 5.79. The van der Waals surface area contributed by atoms with Crippen molar-refractivity contribution in [3.05, 3.63) is 149 Å². The lowest BCUT2D eigenvalue weighted by molar-refractivity contribution is -0.131. The molecule has 4 nitrogen and oxygen atoms in total. The van der Waals surface area contributed by atoms with Crippen LogP contribution in [0.2, 0.25) is 0 Å². The number of nitrogens with zero attached hydrogens (tertiary/aromatic N) is 1. The van der Waals surface area contributed by atoms with Crippen LogP contribution in [0, 0.1) is 6.92 Å². The van der Waals surface area contributed by atoms with Crippen molar-refractivity contribution >= 4 is 47.3 Å². The van der Waals surface area contributed by atoms with Crippen LogP contribution < -0.4 is 14.4 Å². The number of esters is 1. The third kappa shape index (κ3) is 7.43. The maximum absolute atomic E-state index is 11.1. The van der Waals surface area contributed by atoms with Crippen molar-refractivity contribution in [1.29, 1.82) is 0 Å². The van der Waals surface area contributed by atoms with Crippen LogP contribution in [0.3, 0.4) is 0 Å². The first-order valence-electron chi connectivity index (χ1n) is 13.8.